The smallest absolute Gasteiger partial charge is 0.276 e. The van der Waals surface area contributed by atoms with E-state index in [0.717, 1.165) is 19.6 Å². The summed E-state index contributed by atoms with van der Waals surface area (Å²) < 4.78 is 4.94. The maximum atomic E-state index is 12.2. The first-order valence-electron chi connectivity index (χ1n) is 7.31. The average Bonchev–Trinajstić information content (AvgIpc) is 2.93. The lowest BCUT2D eigenvalue weighted by atomic mass is 10.2. The molecule has 7 heteroatoms. The van der Waals surface area contributed by atoms with Crippen molar-refractivity contribution in [2.75, 3.05) is 39.3 Å². The predicted octanol–water partition coefficient (Wildman–Crippen LogP) is 0.267. The summed E-state index contributed by atoms with van der Waals surface area (Å²) in [6.07, 6.45) is 0.513. The largest absolute Gasteiger partial charge is 0.361 e. The van der Waals surface area contributed by atoms with E-state index in [1.54, 1.807) is 17.9 Å². The number of aromatic nitrogens is 1. The molecule has 0 aliphatic carbocycles. The number of carbonyl (C=O) groups is 2. The zero-order chi connectivity index (χ0) is 15.2. The number of amides is 2. The van der Waals surface area contributed by atoms with E-state index in [2.05, 4.69) is 15.4 Å². The maximum Gasteiger partial charge on any atom is 0.276 e. The second-order valence-corrected chi connectivity index (χ2v) is 5.16. The zero-order valence-electron chi connectivity index (χ0n) is 12.6. The number of nitrogens with one attached hydrogen (secondary N) is 1. The van der Waals surface area contributed by atoms with Crippen LogP contribution in [0.25, 0.3) is 0 Å². The van der Waals surface area contributed by atoms with E-state index in [1.165, 1.54) is 0 Å². The summed E-state index contributed by atoms with van der Waals surface area (Å²) in [5, 5.41) is 6.62. The van der Waals surface area contributed by atoms with E-state index in [-0.39, 0.29) is 11.8 Å². The number of rotatable bonds is 5. The molecular formula is C14H22N4O3. The minimum atomic E-state index is -0.0780. The first-order chi connectivity index (χ1) is 10.1. The Balaban J connectivity index is 1.73. The fourth-order valence-electron chi connectivity index (χ4n) is 2.28. The van der Waals surface area contributed by atoms with Crippen LogP contribution in [-0.4, -0.2) is 66.0 Å². The van der Waals surface area contributed by atoms with Crippen molar-refractivity contribution in [3.05, 3.63) is 17.5 Å². The Labute approximate surface area is 124 Å². The molecule has 116 valence electrons. The van der Waals surface area contributed by atoms with E-state index >= 15 is 0 Å². The summed E-state index contributed by atoms with van der Waals surface area (Å²) in [5.74, 6) is 0.639. The van der Waals surface area contributed by atoms with Gasteiger partial charge in [-0.15, -0.1) is 0 Å². The summed E-state index contributed by atoms with van der Waals surface area (Å²) in [7, 11) is 0. The number of hydrogen-bond donors (Lipinski definition) is 1. The van der Waals surface area contributed by atoms with Crippen LogP contribution in [0, 0.1) is 6.92 Å². The Bertz CT molecular complexity index is 492. The maximum absolute atomic E-state index is 12.2. The van der Waals surface area contributed by atoms with Crippen molar-refractivity contribution in [2.24, 2.45) is 0 Å². The normalized spacial score (nSPS) is 16.0. The molecule has 0 atom stereocenters. The molecule has 0 saturated carbocycles. The van der Waals surface area contributed by atoms with Crippen LogP contribution in [0.15, 0.2) is 10.6 Å². The molecule has 0 bridgehead atoms. The van der Waals surface area contributed by atoms with Crippen molar-refractivity contribution in [1.82, 2.24) is 20.3 Å². The van der Waals surface area contributed by atoms with Gasteiger partial charge in [-0.05, 0) is 6.92 Å². The lowest BCUT2D eigenvalue weighted by Crippen LogP contribution is -2.50. The third-order valence-electron chi connectivity index (χ3n) is 3.58. The second-order valence-electron chi connectivity index (χ2n) is 5.16. The SMILES string of the molecule is CCC(=O)NCCN1CCN(C(=O)c2cc(C)on2)CC1. The van der Waals surface area contributed by atoms with Crippen molar-refractivity contribution in [3.8, 4) is 0 Å². The number of piperazine rings is 1. The molecule has 0 unspecified atom stereocenters. The van der Waals surface area contributed by atoms with Crippen LogP contribution in [0.5, 0.6) is 0 Å². The second kappa shape index (κ2) is 7.21. The Kier molecular flexibility index (Phi) is 5.32. The molecule has 1 fully saturated rings. The van der Waals surface area contributed by atoms with Gasteiger partial charge in [-0.25, -0.2) is 0 Å². The topological polar surface area (TPSA) is 78.7 Å². The van der Waals surface area contributed by atoms with E-state index in [4.69, 9.17) is 4.52 Å². The minimum absolute atomic E-state index is 0.0743. The molecule has 2 amide bonds. The quantitative estimate of drug-likeness (QED) is 0.843. The van der Waals surface area contributed by atoms with Gasteiger partial charge < -0.3 is 14.7 Å². The number of hydrogen-bond acceptors (Lipinski definition) is 5. The summed E-state index contributed by atoms with van der Waals surface area (Å²) in [6, 6.07) is 1.66. The molecular weight excluding hydrogens is 272 g/mol. The molecule has 1 saturated heterocycles. The third kappa shape index (κ3) is 4.29. The first kappa shape index (κ1) is 15.5. The zero-order valence-corrected chi connectivity index (χ0v) is 12.6. The minimum Gasteiger partial charge on any atom is -0.361 e. The Morgan fingerprint density at radius 2 is 2.05 bits per heavy atom. The van der Waals surface area contributed by atoms with Crippen molar-refractivity contribution in [3.63, 3.8) is 0 Å². The van der Waals surface area contributed by atoms with Gasteiger partial charge in [-0.3, -0.25) is 14.5 Å². The van der Waals surface area contributed by atoms with E-state index in [0.29, 0.717) is 37.5 Å². The highest BCUT2D eigenvalue weighted by atomic mass is 16.5. The van der Waals surface area contributed by atoms with Crippen LogP contribution in [0.4, 0.5) is 0 Å². The van der Waals surface area contributed by atoms with Gasteiger partial charge in [-0.2, -0.15) is 0 Å². The molecule has 2 rings (SSSR count). The molecule has 1 aromatic heterocycles. The van der Waals surface area contributed by atoms with Gasteiger partial charge in [0.15, 0.2) is 5.69 Å². The van der Waals surface area contributed by atoms with E-state index in [1.807, 2.05) is 6.92 Å². The first-order valence-corrected chi connectivity index (χ1v) is 7.31. The van der Waals surface area contributed by atoms with Gasteiger partial charge in [-0.1, -0.05) is 12.1 Å². The van der Waals surface area contributed by atoms with Crippen LogP contribution in [0.3, 0.4) is 0 Å². The summed E-state index contributed by atoms with van der Waals surface area (Å²) in [6.45, 7) is 8.05. The fraction of sp³-hybridized carbons (Fsp3) is 0.643. The van der Waals surface area contributed by atoms with Gasteiger partial charge in [0, 0.05) is 51.8 Å². The lowest BCUT2D eigenvalue weighted by Gasteiger charge is -2.34. The number of aryl methyl sites for hydroxylation is 1. The Morgan fingerprint density at radius 3 is 2.62 bits per heavy atom. The molecule has 21 heavy (non-hydrogen) atoms. The highest BCUT2D eigenvalue weighted by molar-refractivity contribution is 5.92. The van der Waals surface area contributed by atoms with Crippen LogP contribution in [0.2, 0.25) is 0 Å². The van der Waals surface area contributed by atoms with Crippen LogP contribution >= 0.6 is 0 Å². The number of nitrogens with zero attached hydrogens (tertiary/aromatic N) is 3. The van der Waals surface area contributed by atoms with Crippen molar-refractivity contribution >= 4 is 11.8 Å². The highest BCUT2D eigenvalue weighted by Crippen LogP contribution is 2.09. The van der Waals surface area contributed by atoms with Gasteiger partial charge in [0.05, 0.1) is 0 Å². The standard InChI is InChI=1S/C14H22N4O3/c1-3-13(19)15-4-5-17-6-8-18(9-7-17)14(20)12-10-11(2)21-16-12/h10H,3-9H2,1-2H3,(H,15,19). The van der Waals surface area contributed by atoms with Gasteiger partial charge >= 0.3 is 0 Å². The number of carbonyl (C=O) groups excluding carboxylic acids is 2. The van der Waals surface area contributed by atoms with Crippen molar-refractivity contribution in [1.29, 1.82) is 0 Å². The third-order valence-corrected chi connectivity index (χ3v) is 3.58. The molecule has 0 aromatic carbocycles. The summed E-state index contributed by atoms with van der Waals surface area (Å²) in [5.41, 5.74) is 0.371. The fourth-order valence-corrected chi connectivity index (χ4v) is 2.28. The lowest BCUT2D eigenvalue weighted by molar-refractivity contribution is -0.120. The molecule has 7 nitrogen and oxygen atoms in total. The highest BCUT2D eigenvalue weighted by Gasteiger charge is 2.23. The Morgan fingerprint density at radius 1 is 1.33 bits per heavy atom. The Hall–Kier alpha value is -1.89. The van der Waals surface area contributed by atoms with Gasteiger partial charge in [0.25, 0.3) is 5.91 Å². The molecule has 0 spiro atoms. The predicted molar refractivity (Wildman–Crippen MR) is 76.9 cm³/mol. The van der Waals surface area contributed by atoms with Crippen LogP contribution in [0.1, 0.15) is 29.6 Å². The molecule has 1 aliphatic heterocycles. The summed E-state index contributed by atoms with van der Waals surface area (Å²) >= 11 is 0. The van der Waals surface area contributed by atoms with Crippen molar-refractivity contribution in [2.45, 2.75) is 20.3 Å². The molecule has 1 aliphatic rings. The average molecular weight is 294 g/mol. The van der Waals surface area contributed by atoms with E-state index in [9.17, 15) is 9.59 Å². The van der Waals surface area contributed by atoms with Gasteiger partial charge in [0.2, 0.25) is 5.91 Å². The molecule has 1 N–H and O–H groups in total. The van der Waals surface area contributed by atoms with Crippen LogP contribution in [-0.2, 0) is 4.79 Å². The molecule has 1 aromatic rings. The molecule has 0 radical (unpaired) electrons. The van der Waals surface area contributed by atoms with Crippen molar-refractivity contribution < 1.29 is 14.1 Å². The van der Waals surface area contributed by atoms with Gasteiger partial charge in [0.1, 0.15) is 5.76 Å². The summed E-state index contributed by atoms with van der Waals surface area (Å²) in [4.78, 5) is 27.4. The molecule has 2 heterocycles. The monoisotopic (exact) mass is 294 g/mol. The van der Waals surface area contributed by atoms with E-state index < -0.39 is 0 Å². The van der Waals surface area contributed by atoms with Crippen LogP contribution < -0.4 is 5.32 Å².